The smallest absolute Gasteiger partial charge is 0.322 e. The zero-order chi connectivity index (χ0) is 20.4. The van der Waals surface area contributed by atoms with Gasteiger partial charge in [-0.3, -0.25) is 0 Å². The summed E-state index contributed by atoms with van der Waals surface area (Å²) in [6, 6.07) is 7.81. The van der Waals surface area contributed by atoms with E-state index in [0.717, 1.165) is 73.3 Å². The Hall–Kier alpha value is -2.67. The molecule has 7 heteroatoms. The second kappa shape index (κ2) is 8.37. The summed E-state index contributed by atoms with van der Waals surface area (Å²) >= 11 is 0. The number of rotatable bonds is 3. The Balaban J connectivity index is 1.53. The molecule has 0 radical (unpaired) electrons. The number of carbonyl (C=O) groups excluding carboxylic acids is 1. The lowest BCUT2D eigenvalue weighted by atomic mass is 10.1. The second-order valence-corrected chi connectivity index (χ2v) is 7.86. The Morgan fingerprint density at radius 1 is 1.07 bits per heavy atom. The van der Waals surface area contributed by atoms with Crippen molar-refractivity contribution in [3.63, 3.8) is 0 Å². The van der Waals surface area contributed by atoms with Gasteiger partial charge in [0.2, 0.25) is 0 Å². The van der Waals surface area contributed by atoms with E-state index in [1.54, 1.807) is 0 Å². The Morgan fingerprint density at radius 3 is 2.55 bits per heavy atom. The second-order valence-electron chi connectivity index (χ2n) is 7.86. The molecule has 4 rings (SSSR count). The lowest BCUT2D eigenvalue weighted by Gasteiger charge is -2.37. The molecule has 1 N–H and O–H groups in total. The summed E-state index contributed by atoms with van der Waals surface area (Å²) in [6.07, 6.45) is 0.766. The number of hydrogen-bond donors (Lipinski definition) is 1. The average Bonchev–Trinajstić information content (AvgIpc) is 2.74. The first-order chi connectivity index (χ1) is 14.0. The molecule has 0 spiro atoms. The van der Waals surface area contributed by atoms with Crippen LogP contribution in [0.1, 0.15) is 29.6 Å². The van der Waals surface area contributed by atoms with Gasteiger partial charge in [0, 0.05) is 50.4 Å². The largest absolute Gasteiger partial charge is 0.354 e. The number of piperazine rings is 1. The molecule has 3 heterocycles. The number of anilines is 2. The van der Waals surface area contributed by atoms with Gasteiger partial charge in [-0.15, -0.1) is 0 Å². The van der Waals surface area contributed by atoms with Crippen molar-refractivity contribution < 1.29 is 4.79 Å². The highest BCUT2D eigenvalue weighted by Gasteiger charge is 2.28. The molecule has 0 unspecified atom stereocenters. The fraction of sp³-hybridized carbons (Fsp3) is 0.500. The van der Waals surface area contributed by atoms with Crippen LogP contribution in [0.15, 0.2) is 24.3 Å². The summed E-state index contributed by atoms with van der Waals surface area (Å²) < 4.78 is 0. The molecule has 1 fully saturated rings. The van der Waals surface area contributed by atoms with Gasteiger partial charge in [-0.25, -0.2) is 14.8 Å². The molecule has 1 saturated heterocycles. The SMILES string of the molecule is CCN1CCN(c2nc(C)nc3c2CN(C(=O)Nc2ccccc2C)CC3)CC1. The normalized spacial score (nSPS) is 17.2. The fourth-order valence-corrected chi connectivity index (χ4v) is 4.14. The number of fused-ring (bicyclic) bond motifs is 1. The molecule has 0 saturated carbocycles. The standard InChI is InChI=1S/C22H30N6O/c1-4-26-11-13-27(14-12-26)21-18-15-28(10-9-20(18)23-17(3)24-21)22(29)25-19-8-6-5-7-16(19)2/h5-8H,4,9-15H2,1-3H3,(H,25,29). The first-order valence-electron chi connectivity index (χ1n) is 10.5. The van der Waals surface area contributed by atoms with Crippen LogP contribution in [0.4, 0.5) is 16.3 Å². The molecule has 29 heavy (non-hydrogen) atoms. The summed E-state index contributed by atoms with van der Waals surface area (Å²) in [5, 5.41) is 3.06. The summed E-state index contributed by atoms with van der Waals surface area (Å²) in [7, 11) is 0. The maximum Gasteiger partial charge on any atom is 0.322 e. The molecular formula is C22H30N6O. The van der Waals surface area contributed by atoms with Crippen molar-refractivity contribution in [3.8, 4) is 0 Å². The van der Waals surface area contributed by atoms with Crippen LogP contribution in [0, 0.1) is 13.8 Å². The maximum atomic E-state index is 12.9. The van der Waals surface area contributed by atoms with Crippen molar-refractivity contribution in [1.82, 2.24) is 19.8 Å². The summed E-state index contributed by atoms with van der Waals surface area (Å²) in [5.41, 5.74) is 4.11. The molecular weight excluding hydrogens is 364 g/mol. The fourth-order valence-electron chi connectivity index (χ4n) is 4.14. The summed E-state index contributed by atoms with van der Waals surface area (Å²) in [4.78, 5) is 29.1. The summed E-state index contributed by atoms with van der Waals surface area (Å²) in [6.45, 7) is 12.5. The van der Waals surface area contributed by atoms with Crippen LogP contribution in [0.5, 0.6) is 0 Å². The molecule has 2 aliphatic heterocycles. The minimum absolute atomic E-state index is 0.0627. The predicted octanol–water partition coefficient (Wildman–Crippen LogP) is 2.83. The van der Waals surface area contributed by atoms with Crippen LogP contribution in [-0.4, -0.2) is 65.1 Å². The van der Waals surface area contributed by atoms with E-state index in [9.17, 15) is 4.79 Å². The number of likely N-dealkylation sites (N-methyl/N-ethyl adjacent to an activating group) is 1. The van der Waals surface area contributed by atoms with Crippen molar-refractivity contribution in [3.05, 3.63) is 46.9 Å². The minimum atomic E-state index is -0.0627. The van der Waals surface area contributed by atoms with E-state index in [4.69, 9.17) is 4.98 Å². The van der Waals surface area contributed by atoms with Crippen molar-refractivity contribution in [2.75, 3.05) is 49.5 Å². The van der Waals surface area contributed by atoms with Gasteiger partial charge in [0.25, 0.3) is 0 Å². The van der Waals surface area contributed by atoms with Crippen molar-refractivity contribution in [2.24, 2.45) is 0 Å². The highest BCUT2D eigenvalue weighted by atomic mass is 16.2. The number of hydrogen-bond acceptors (Lipinski definition) is 5. The average molecular weight is 395 g/mol. The van der Waals surface area contributed by atoms with Gasteiger partial charge in [0.1, 0.15) is 11.6 Å². The van der Waals surface area contributed by atoms with Gasteiger partial charge < -0.3 is 20.0 Å². The number of carbonyl (C=O) groups is 1. The number of amides is 2. The number of aromatic nitrogens is 2. The topological polar surface area (TPSA) is 64.6 Å². The Kier molecular flexibility index (Phi) is 5.67. The first kappa shape index (κ1) is 19.6. The van der Waals surface area contributed by atoms with Gasteiger partial charge in [0.15, 0.2) is 0 Å². The van der Waals surface area contributed by atoms with E-state index in [1.165, 1.54) is 0 Å². The van der Waals surface area contributed by atoms with Gasteiger partial charge >= 0.3 is 6.03 Å². The molecule has 2 aromatic rings. The number of para-hydroxylation sites is 1. The number of aryl methyl sites for hydroxylation is 2. The van der Waals surface area contributed by atoms with Crippen LogP contribution >= 0.6 is 0 Å². The molecule has 2 aliphatic rings. The molecule has 0 atom stereocenters. The van der Waals surface area contributed by atoms with Crippen molar-refractivity contribution in [1.29, 1.82) is 0 Å². The molecule has 0 bridgehead atoms. The van der Waals surface area contributed by atoms with Crippen LogP contribution in [0.25, 0.3) is 0 Å². The van der Waals surface area contributed by atoms with Crippen molar-refractivity contribution >= 4 is 17.5 Å². The highest BCUT2D eigenvalue weighted by molar-refractivity contribution is 5.90. The van der Waals surface area contributed by atoms with Crippen LogP contribution in [-0.2, 0) is 13.0 Å². The van der Waals surface area contributed by atoms with E-state index in [-0.39, 0.29) is 6.03 Å². The first-order valence-corrected chi connectivity index (χ1v) is 10.5. The lowest BCUT2D eigenvalue weighted by Crippen LogP contribution is -2.47. The Morgan fingerprint density at radius 2 is 1.83 bits per heavy atom. The van der Waals surface area contributed by atoms with E-state index in [2.05, 4.69) is 27.0 Å². The lowest BCUT2D eigenvalue weighted by molar-refractivity contribution is 0.205. The minimum Gasteiger partial charge on any atom is -0.354 e. The molecule has 1 aromatic heterocycles. The number of nitrogens with one attached hydrogen (secondary N) is 1. The third-order valence-electron chi connectivity index (χ3n) is 5.94. The monoisotopic (exact) mass is 394 g/mol. The third-order valence-corrected chi connectivity index (χ3v) is 5.94. The van der Waals surface area contributed by atoms with E-state index in [0.29, 0.717) is 13.1 Å². The quantitative estimate of drug-likeness (QED) is 0.867. The van der Waals surface area contributed by atoms with E-state index in [1.807, 2.05) is 43.0 Å². The van der Waals surface area contributed by atoms with E-state index >= 15 is 0 Å². The van der Waals surface area contributed by atoms with Crippen LogP contribution < -0.4 is 10.2 Å². The van der Waals surface area contributed by atoms with Gasteiger partial charge in [-0.05, 0) is 32.0 Å². The number of benzene rings is 1. The molecule has 154 valence electrons. The number of urea groups is 1. The van der Waals surface area contributed by atoms with Gasteiger partial charge in [-0.1, -0.05) is 25.1 Å². The van der Waals surface area contributed by atoms with Crippen molar-refractivity contribution in [2.45, 2.75) is 33.7 Å². The molecule has 7 nitrogen and oxygen atoms in total. The predicted molar refractivity (Wildman–Crippen MR) is 115 cm³/mol. The molecule has 2 amide bonds. The molecule has 0 aliphatic carbocycles. The van der Waals surface area contributed by atoms with Gasteiger partial charge in [0.05, 0.1) is 12.2 Å². The zero-order valence-electron chi connectivity index (χ0n) is 17.6. The zero-order valence-corrected chi connectivity index (χ0v) is 17.6. The maximum absolute atomic E-state index is 12.9. The highest BCUT2D eigenvalue weighted by Crippen LogP contribution is 2.28. The Bertz CT molecular complexity index is 891. The van der Waals surface area contributed by atoms with Crippen LogP contribution in [0.2, 0.25) is 0 Å². The Labute approximate surface area is 172 Å². The number of nitrogens with zero attached hydrogens (tertiary/aromatic N) is 5. The van der Waals surface area contributed by atoms with Crippen LogP contribution in [0.3, 0.4) is 0 Å². The van der Waals surface area contributed by atoms with E-state index < -0.39 is 0 Å². The third kappa shape index (κ3) is 4.19. The van der Waals surface area contributed by atoms with Gasteiger partial charge in [-0.2, -0.15) is 0 Å². The summed E-state index contributed by atoms with van der Waals surface area (Å²) in [5.74, 6) is 1.83. The molecule has 1 aromatic carbocycles.